The van der Waals surface area contributed by atoms with Crippen LogP contribution in [0.3, 0.4) is 0 Å². The number of hydrazone groups is 1. The number of thioether (sulfide) groups is 1. The van der Waals surface area contributed by atoms with Gasteiger partial charge in [0.25, 0.3) is 5.91 Å². The summed E-state index contributed by atoms with van der Waals surface area (Å²) in [7, 11) is 3.24. The van der Waals surface area contributed by atoms with Gasteiger partial charge in [-0.25, -0.2) is 5.43 Å². The van der Waals surface area contributed by atoms with E-state index in [4.69, 9.17) is 9.47 Å². The van der Waals surface area contributed by atoms with E-state index >= 15 is 0 Å². The van der Waals surface area contributed by atoms with Crippen molar-refractivity contribution in [1.29, 1.82) is 0 Å². The highest BCUT2D eigenvalue weighted by Gasteiger charge is 2.17. The van der Waals surface area contributed by atoms with Crippen molar-refractivity contribution in [3.05, 3.63) is 83.9 Å². The summed E-state index contributed by atoms with van der Waals surface area (Å²) >= 11 is 1.29. The Labute approximate surface area is 214 Å². The van der Waals surface area contributed by atoms with Gasteiger partial charge in [0.1, 0.15) is 11.5 Å². The van der Waals surface area contributed by atoms with Crippen LogP contribution in [0.25, 0.3) is 17.1 Å². The van der Waals surface area contributed by atoms with Crippen LogP contribution in [-0.2, 0) is 4.79 Å². The van der Waals surface area contributed by atoms with Crippen LogP contribution in [0.2, 0.25) is 0 Å². The Bertz CT molecular complexity index is 1370. The molecule has 1 amide bonds. The summed E-state index contributed by atoms with van der Waals surface area (Å²) in [5, 5.41) is 13.6. The zero-order valence-corrected chi connectivity index (χ0v) is 21.4. The molecule has 1 N–H and O–H groups in total. The normalized spacial score (nSPS) is 11.3. The number of hydrogen-bond donors (Lipinski definition) is 1. The number of methoxy groups -OCH3 is 2. The summed E-state index contributed by atoms with van der Waals surface area (Å²) in [6, 6.07) is 23.2. The largest absolute Gasteiger partial charge is 0.497 e. The van der Waals surface area contributed by atoms with Crippen molar-refractivity contribution in [3.63, 3.8) is 0 Å². The van der Waals surface area contributed by atoms with E-state index < -0.39 is 0 Å². The molecule has 0 spiro atoms. The van der Waals surface area contributed by atoms with Crippen molar-refractivity contribution in [2.75, 3.05) is 20.0 Å². The van der Waals surface area contributed by atoms with Gasteiger partial charge in [-0.2, -0.15) is 5.10 Å². The van der Waals surface area contributed by atoms with E-state index in [2.05, 4.69) is 20.7 Å². The molecular formula is C27H27N5O3S. The molecule has 184 valence electrons. The number of amides is 1. The molecule has 3 aromatic carbocycles. The van der Waals surface area contributed by atoms with E-state index in [1.165, 1.54) is 11.8 Å². The quantitative estimate of drug-likeness (QED) is 0.199. The summed E-state index contributed by atoms with van der Waals surface area (Å²) < 4.78 is 12.5. The lowest BCUT2D eigenvalue weighted by atomic mass is 10.1. The van der Waals surface area contributed by atoms with Crippen LogP contribution in [0.15, 0.2) is 83.1 Å². The molecule has 0 aliphatic rings. The molecule has 0 radical (unpaired) electrons. The van der Waals surface area contributed by atoms with Crippen molar-refractivity contribution in [1.82, 2.24) is 20.2 Å². The molecule has 1 aromatic heterocycles. The van der Waals surface area contributed by atoms with Gasteiger partial charge in [0.2, 0.25) is 0 Å². The maximum Gasteiger partial charge on any atom is 0.250 e. The Morgan fingerprint density at radius 1 is 0.972 bits per heavy atom. The Balaban J connectivity index is 1.53. The number of hydrogen-bond acceptors (Lipinski definition) is 7. The second-order valence-electron chi connectivity index (χ2n) is 7.96. The first-order chi connectivity index (χ1) is 17.5. The van der Waals surface area contributed by atoms with Gasteiger partial charge in [0, 0.05) is 16.8 Å². The monoisotopic (exact) mass is 501 g/mol. The third-order valence-electron chi connectivity index (χ3n) is 5.44. The molecule has 0 fully saturated rings. The highest BCUT2D eigenvalue weighted by molar-refractivity contribution is 7.99. The Morgan fingerprint density at radius 3 is 2.39 bits per heavy atom. The molecule has 4 aromatic rings. The lowest BCUT2D eigenvalue weighted by Gasteiger charge is -2.11. The van der Waals surface area contributed by atoms with E-state index in [1.54, 1.807) is 14.2 Å². The molecule has 9 heteroatoms. The highest BCUT2D eigenvalue weighted by atomic mass is 32.2. The minimum absolute atomic E-state index is 0.122. The smallest absolute Gasteiger partial charge is 0.250 e. The number of nitrogens with one attached hydrogen (secondary N) is 1. The van der Waals surface area contributed by atoms with Crippen LogP contribution in [0.5, 0.6) is 11.5 Å². The first kappa shape index (κ1) is 25.0. The average Bonchev–Trinajstić information content (AvgIpc) is 3.34. The lowest BCUT2D eigenvalue weighted by molar-refractivity contribution is -0.118. The van der Waals surface area contributed by atoms with Crippen molar-refractivity contribution < 1.29 is 14.3 Å². The fourth-order valence-corrected chi connectivity index (χ4v) is 4.18. The number of aromatic nitrogens is 3. The molecule has 0 unspecified atom stereocenters. The Hall–Kier alpha value is -4.11. The Kier molecular flexibility index (Phi) is 8.02. The fourth-order valence-electron chi connectivity index (χ4n) is 3.44. The van der Waals surface area contributed by atoms with Gasteiger partial charge in [0.15, 0.2) is 11.0 Å². The minimum atomic E-state index is -0.247. The molecule has 1 heterocycles. The van der Waals surface area contributed by atoms with Crippen molar-refractivity contribution in [2.45, 2.75) is 19.0 Å². The zero-order valence-electron chi connectivity index (χ0n) is 20.6. The van der Waals surface area contributed by atoms with Crippen molar-refractivity contribution >= 4 is 23.4 Å². The summed E-state index contributed by atoms with van der Waals surface area (Å²) in [6.45, 7) is 3.87. The van der Waals surface area contributed by atoms with Crippen LogP contribution in [0.4, 0.5) is 0 Å². The van der Waals surface area contributed by atoms with Gasteiger partial charge in [-0.05, 0) is 50.2 Å². The van der Waals surface area contributed by atoms with Gasteiger partial charge in [0.05, 0.1) is 25.7 Å². The first-order valence-electron chi connectivity index (χ1n) is 11.3. The average molecular weight is 502 g/mol. The number of carbonyl (C=O) groups excluding carboxylic acids is 1. The van der Waals surface area contributed by atoms with Crippen LogP contribution in [0, 0.1) is 6.92 Å². The third kappa shape index (κ3) is 5.92. The van der Waals surface area contributed by atoms with Crippen molar-refractivity contribution in [3.8, 4) is 28.6 Å². The fraction of sp³-hybridized carbons (Fsp3) is 0.185. The van der Waals surface area contributed by atoms with E-state index in [0.717, 1.165) is 33.9 Å². The van der Waals surface area contributed by atoms with Gasteiger partial charge in [-0.3, -0.25) is 9.36 Å². The van der Waals surface area contributed by atoms with Gasteiger partial charge in [-0.15, -0.1) is 10.2 Å². The van der Waals surface area contributed by atoms with Crippen LogP contribution >= 0.6 is 11.8 Å². The number of carbonyl (C=O) groups is 1. The lowest BCUT2D eigenvalue weighted by Crippen LogP contribution is -2.21. The van der Waals surface area contributed by atoms with Gasteiger partial charge >= 0.3 is 0 Å². The van der Waals surface area contributed by atoms with Gasteiger partial charge in [-0.1, -0.05) is 53.7 Å². The maximum atomic E-state index is 12.6. The molecule has 0 bridgehead atoms. The van der Waals surface area contributed by atoms with E-state index in [1.807, 2.05) is 91.2 Å². The first-order valence-corrected chi connectivity index (χ1v) is 12.2. The number of nitrogens with zero attached hydrogens (tertiary/aromatic N) is 4. The minimum Gasteiger partial charge on any atom is -0.497 e. The number of rotatable bonds is 9. The molecule has 0 saturated heterocycles. The molecule has 0 saturated carbocycles. The summed E-state index contributed by atoms with van der Waals surface area (Å²) in [4.78, 5) is 12.6. The maximum absolute atomic E-state index is 12.6. The third-order valence-corrected chi connectivity index (χ3v) is 6.37. The predicted octanol–water partition coefficient (Wildman–Crippen LogP) is 4.89. The summed E-state index contributed by atoms with van der Waals surface area (Å²) in [5.41, 5.74) is 7.12. The molecular weight excluding hydrogens is 474 g/mol. The zero-order chi connectivity index (χ0) is 25.5. The Morgan fingerprint density at radius 2 is 1.69 bits per heavy atom. The van der Waals surface area contributed by atoms with E-state index in [-0.39, 0.29) is 11.7 Å². The number of benzene rings is 3. The molecule has 0 aliphatic carbocycles. The molecule has 0 atom stereocenters. The summed E-state index contributed by atoms with van der Waals surface area (Å²) in [5.74, 6) is 2.04. The van der Waals surface area contributed by atoms with E-state index in [9.17, 15) is 4.79 Å². The SMILES string of the molecule is COc1ccc(-n2c(SCC(=O)N/N=C(\C)c3cccc(OC)c3)nnc2-c2ccc(C)cc2)cc1. The van der Waals surface area contributed by atoms with Crippen LogP contribution < -0.4 is 14.9 Å². The standard InChI is InChI=1S/C27H27N5O3S/c1-18-8-10-20(11-9-18)26-30-31-27(32(26)22-12-14-23(34-3)15-13-22)36-17-25(33)29-28-19(2)21-6-5-7-24(16-21)35-4/h5-16H,17H2,1-4H3,(H,29,33)/b28-19+. The van der Waals surface area contributed by atoms with Crippen molar-refractivity contribution in [2.24, 2.45) is 5.10 Å². The predicted molar refractivity (Wildman–Crippen MR) is 142 cm³/mol. The molecule has 4 rings (SSSR count). The highest BCUT2D eigenvalue weighted by Crippen LogP contribution is 2.29. The summed E-state index contributed by atoms with van der Waals surface area (Å²) in [6.07, 6.45) is 0. The number of aryl methyl sites for hydroxylation is 1. The second-order valence-corrected chi connectivity index (χ2v) is 8.90. The van der Waals surface area contributed by atoms with Crippen LogP contribution in [0.1, 0.15) is 18.1 Å². The second kappa shape index (κ2) is 11.5. The molecule has 36 heavy (non-hydrogen) atoms. The molecule has 0 aliphatic heterocycles. The topological polar surface area (TPSA) is 90.6 Å². The molecule has 8 nitrogen and oxygen atoms in total. The number of ether oxygens (including phenoxy) is 2. The van der Waals surface area contributed by atoms with E-state index in [0.29, 0.717) is 16.7 Å². The van der Waals surface area contributed by atoms with Gasteiger partial charge < -0.3 is 9.47 Å². The van der Waals surface area contributed by atoms with Crippen LogP contribution in [-0.4, -0.2) is 46.4 Å².